The van der Waals surface area contributed by atoms with Gasteiger partial charge in [0.15, 0.2) is 5.11 Å². The van der Waals surface area contributed by atoms with Crippen molar-refractivity contribution in [2.24, 2.45) is 0 Å². The molecule has 0 unspecified atom stereocenters. The highest BCUT2D eigenvalue weighted by atomic mass is 32.1. The number of ether oxygens (including phenoxy) is 2. The molecule has 6 heteroatoms. The summed E-state index contributed by atoms with van der Waals surface area (Å²) in [5.74, 6) is 1.90. The Kier molecular flexibility index (Phi) is 7.84. The summed E-state index contributed by atoms with van der Waals surface area (Å²) in [6.45, 7) is 5.72. The van der Waals surface area contributed by atoms with Gasteiger partial charge in [0.05, 0.1) is 19.9 Å². The Hall–Kier alpha value is -3.12. The number of pyridine rings is 1. The number of nitrogens with one attached hydrogen (secondary N) is 1. The first-order valence-electron chi connectivity index (χ1n) is 10.3. The number of methoxy groups -OCH3 is 2. The van der Waals surface area contributed by atoms with Crippen LogP contribution >= 0.6 is 12.2 Å². The molecule has 0 spiro atoms. The van der Waals surface area contributed by atoms with E-state index in [4.69, 9.17) is 21.7 Å². The third-order valence-corrected chi connectivity index (χ3v) is 5.41. The molecule has 1 N–H and O–H groups in total. The Labute approximate surface area is 190 Å². The second-order valence-corrected chi connectivity index (χ2v) is 8.00. The lowest BCUT2D eigenvalue weighted by molar-refractivity contribution is 0.394. The van der Waals surface area contributed by atoms with Gasteiger partial charge in [-0.25, -0.2) is 0 Å². The molecular formula is C25H29N3O2S. The van der Waals surface area contributed by atoms with Crippen LogP contribution in [0.2, 0.25) is 0 Å². The summed E-state index contributed by atoms with van der Waals surface area (Å²) in [5.41, 5.74) is 4.40. The van der Waals surface area contributed by atoms with E-state index in [1.165, 1.54) is 11.1 Å². The van der Waals surface area contributed by atoms with Gasteiger partial charge in [-0.05, 0) is 53.0 Å². The molecule has 0 aliphatic rings. The maximum absolute atomic E-state index is 5.80. The van der Waals surface area contributed by atoms with E-state index in [-0.39, 0.29) is 0 Å². The maximum Gasteiger partial charge on any atom is 0.174 e. The second kappa shape index (κ2) is 10.8. The zero-order chi connectivity index (χ0) is 22.2. The molecule has 0 fully saturated rings. The first-order chi connectivity index (χ1) is 15.0. The molecule has 0 aliphatic carbocycles. The Morgan fingerprint density at radius 1 is 1.00 bits per heavy atom. The molecular weight excluding hydrogens is 406 g/mol. The van der Waals surface area contributed by atoms with E-state index in [9.17, 15) is 0 Å². The van der Waals surface area contributed by atoms with Gasteiger partial charge in [-0.2, -0.15) is 0 Å². The topological polar surface area (TPSA) is 46.6 Å². The number of rotatable bonds is 8. The summed E-state index contributed by atoms with van der Waals surface area (Å²) in [4.78, 5) is 6.37. The third kappa shape index (κ3) is 6.18. The van der Waals surface area contributed by atoms with Crippen LogP contribution < -0.4 is 14.8 Å². The highest BCUT2D eigenvalue weighted by Gasteiger charge is 2.15. The van der Waals surface area contributed by atoms with E-state index in [0.717, 1.165) is 17.0 Å². The predicted molar refractivity (Wildman–Crippen MR) is 130 cm³/mol. The minimum atomic E-state index is 0.505. The fourth-order valence-corrected chi connectivity index (χ4v) is 3.47. The lowest BCUT2D eigenvalue weighted by Gasteiger charge is -2.27. The van der Waals surface area contributed by atoms with Gasteiger partial charge in [0.1, 0.15) is 11.5 Å². The van der Waals surface area contributed by atoms with Crippen molar-refractivity contribution in [2.75, 3.05) is 19.5 Å². The quantitative estimate of drug-likeness (QED) is 0.463. The van der Waals surface area contributed by atoms with Crippen molar-refractivity contribution in [1.29, 1.82) is 0 Å². The normalized spacial score (nSPS) is 10.6. The highest BCUT2D eigenvalue weighted by Crippen LogP contribution is 2.29. The van der Waals surface area contributed by atoms with Gasteiger partial charge in [0.2, 0.25) is 0 Å². The maximum atomic E-state index is 5.80. The largest absolute Gasteiger partial charge is 0.497 e. The van der Waals surface area contributed by atoms with Gasteiger partial charge < -0.3 is 19.7 Å². The second-order valence-electron chi connectivity index (χ2n) is 7.61. The van der Waals surface area contributed by atoms with Crippen molar-refractivity contribution in [3.63, 3.8) is 0 Å². The van der Waals surface area contributed by atoms with Crippen molar-refractivity contribution >= 4 is 23.0 Å². The summed E-state index contributed by atoms with van der Waals surface area (Å²) < 4.78 is 10.8. The molecule has 2 aromatic carbocycles. The van der Waals surface area contributed by atoms with Gasteiger partial charge in [-0.3, -0.25) is 4.98 Å². The van der Waals surface area contributed by atoms with Crippen molar-refractivity contribution in [1.82, 2.24) is 9.88 Å². The van der Waals surface area contributed by atoms with Crippen LogP contribution in [0, 0.1) is 0 Å². The highest BCUT2D eigenvalue weighted by molar-refractivity contribution is 7.80. The first-order valence-corrected chi connectivity index (χ1v) is 10.7. The molecule has 162 valence electrons. The fourth-order valence-electron chi connectivity index (χ4n) is 3.24. The Morgan fingerprint density at radius 2 is 1.74 bits per heavy atom. The molecule has 0 aliphatic heterocycles. The lowest BCUT2D eigenvalue weighted by atomic mass is 10.0. The monoisotopic (exact) mass is 435 g/mol. The van der Waals surface area contributed by atoms with Crippen LogP contribution in [-0.4, -0.2) is 29.2 Å². The average molecular weight is 436 g/mol. The minimum absolute atomic E-state index is 0.505. The van der Waals surface area contributed by atoms with E-state index < -0.39 is 0 Å². The molecule has 1 aromatic heterocycles. The number of nitrogens with zero attached hydrogens (tertiary/aromatic N) is 2. The molecule has 31 heavy (non-hydrogen) atoms. The number of hydrogen-bond acceptors (Lipinski definition) is 4. The van der Waals surface area contributed by atoms with Crippen LogP contribution in [0.1, 0.15) is 36.5 Å². The van der Waals surface area contributed by atoms with Crippen LogP contribution in [0.4, 0.5) is 5.69 Å². The Bertz CT molecular complexity index is 991. The molecule has 1 heterocycles. The first kappa shape index (κ1) is 22.6. The standard InChI is InChI=1S/C25H29N3O2S/c1-18(2)21-9-7-19(8-10-21)16-28(17-20-6-5-13-26-15-20)25(31)27-23-12-11-22(29-3)14-24(23)30-4/h5-15,18H,16-17H2,1-4H3,(H,27,31). The molecule has 0 atom stereocenters. The number of aromatic nitrogens is 1. The van der Waals surface area contributed by atoms with Gasteiger partial charge in [-0.15, -0.1) is 0 Å². The smallest absolute Gasteiger partial charge is 0.174 e. The molecule has 0 saturated heterocycles. The third-order valence-electron chi connectivity index (χ3n) is 5.05. The minimum Gasteiger partial charge on any atom is -0.497 e. The number of benzene rings is 2. The molecule has 0 saturated carbocycles. The Morgan fingerprint density at radius 3 is 2.35 bits per heavy atom. The molecule has 0 amide bonds. The average Bonchev–Trinajstić information content (AvgIpc) is 2.80. The van der Waals surface area contributed by atoms with Crippen molar-refractivity contribution < 1.29 is 9.47 Å². The summed E-state index contributed by atoms with van der Waals surface area (Å²) >= 11 is 5.80. The lowest BCUT2D eigenvalue weighted by Crippen LogP contribution is -2.34. The van der Waals surface area contributed by atoms with Gasteiger partial charge in [0.25, 0.3) is 0 Å². The van der Waals surface area contributed by atoms with Gasteiger partial charge in [-0.1, -0.05) is 44.2 Å². The number of anilines is 1. The van der Waals surface area contributed by atoms with Gasteiger partial charge in [0, 0.05) is 31.5 Å². The fraction of sp³-hybridized carbons (Fsp3) is 0.280. The molecule has 0 bridgehead atoms. The number of thiocarbonyl (C=S) groups is 1. The number of hydrogen-bond donors (Lipinski definition) is 1. The molecule has 3 aromatic rings. The van der Waals surface area contributed by atoms with Crippen LogP contribution in [0.3, 0.4) is 0 Å². The van der Waals surface area contributed by atoms with Crippen LogP contribution in [0.5, 0.6) is 11.5 Å². The van der Waals surface area contributed by atoms with Crippen LogP contribution in [0.15, 0.2) is 67.0 Å². The van der Waals surface area contributed by atoms with Crippen molar-refractivity contribution in [3.8, 4) is 11.5 Å². The van der Waals surface area contributed by atoms with Gasteiger partial charge >= 0.3 is 0 Å². The van der Waals surface area contributed by atoms with Crippen LogP contribution in [0.25, 0.3) is 0 Å². The van der Waals surface area contributed by atoms with E-state index in [0.29, 0.717) is 29.9 Å². The van der Waals surface area contributed by atoms with Crippen LogP contribution in [-0.2, 0) is 13.1 Å². The van der Waals surface area contributed by atoms with E-state index in [1.807, 2.05) is 30.5 Å². The van der Waals surface area contributed by atoms with E-state index in [1.54, 1.807) is 20.4 Å². The van der Waals surface area contributed by atoms with Crippen molar-refractivity contribution in [2.45, 2.75) is 32.9 Å². The summed E-state index contributed by atoms with van der Waals surface area (Å²) in [6, 6.07) is 18.3. The molecule has 5 nitrogen and oxygen atoms in total. The van der Waals surface area contributed by atoms with E-state index >= 15 is 0 Å². The predicted octanol–water partition coefficient (Wildman–Crippen LogP) is 5.62. The Balaban J connectivity index is 1.82. The molecule has 0 radical (unpaired) electrons. The molecule has 3 rings (SSSR count). The van der Waals surface area contributed by atoms with E-state index in [2.05, 4.69) is 59.4 Å². The summed E-state index contributed by atoms with van der Waals surface area (Å²) in [5, 5.41) is 3.95. The van der Waals surface area contributed by atoms with Crippen molar-refractivity contribution in [3.05, 3.63) is 83.7 Å². The zero-order valence-electron chi connectivity index (χ0n) is 18.5. The zero-order valence-corrected chi connectivity index (χ0v) is 19.3. The summed E-state index contributed by atoms with van der Waals surface area (Å²) in [7, 11) is 3.26. The summed E-state index contributed by atoms with van der Waals surface area (Å²) in [6.07, 6.45) is 3.64. The SMILES string of the molecule is COc1ccc(NC(=S)N(Cc2ccc(C(C)C)cc2)Cc2cccnc2)c(OC)c1.